The van der Waals surface area contributed by atoms with Crippen LogP contribution in [0.4, 0.5) is 0 Å². The minimum absolute atomic E-state index is 0.125. The quantitative estimate of drug-likeness (QED) is 0.763. The van der Waals surface area contributed by atoms with Crippen LogP contribution < -0.4 is 5.32 Å². The summed E-state index contributed by atoms with van der Waals surface area (Å²) in [5.74, 6) is -0.939. The molecule has 3 N–H and O–H groups in total. The Hall–Kier alpha value is -2.34. The molecule has 0 saturated heterocycles. The summed E-state index contributed by atoms with van der Waals surface area (Å²) >= 11 is 1.26. The van der Waals surface area contributed by atoms with Crippen molar-refractivity contribution in [2.45, 2.75) is 25.8 Å². The molecular formula is C16H17NO4S. The molecule has 1 unspecified atom stereocenters. The molecule has 1 aromatic heterocycles. The van der Waals surface area contributed by atoms with Crippen molar-refractivity contribution in [2.24, 2.45) is 0 Å². The topological polar surface area (TPSA) is 86.6 Å². The molecule has 0 saturated carbocycles. The lowest BCUT2D eigenvalue weighted by molar-refractivity contribution is -0.121. The van der Waals surface area contributed by atoms with Crippen molar-refractivity contribution in [3.63, 3.8) is 0 Å². The van der Waals surface area contributed by atoms with E-state index in [1.165, 1.54) is 22.8 Å². The third-order valence-corrected chi connectivity index (χ3v) is 4.10. The van der Waals surface area contributed by atoms with Crippen molar-refractivity contribution in [3.05, 3.63) is 51.7 Å². The normalized spacial score (nSPS) is 11.9. The third kappa shape index (κ3) is 4.33. The summed E-state index contributed by atoms with van der Waals surface area (Å²) in [6, 6.07) is 8.40. The van der Waals surface area contributed by atoms with Gasteiger partial charge < -0.3 is 15.5 Å². The third-order valence-electron chi connectivity index (χ3n) is 3.16. The number of para-hydroxylation sites is 1. The molecule has 0 spiro atoms. The number of benzene rings is 1. The molecule has 0 aliphatic heterocycles. The summed E-state index contributed by atoms with van der Waals surface area (Å²) in [7, 11) is 0. The fourth-order valence-corrected chi connectivity index (χ4v) is 2.99. The van der Waals surface area contributed by atoms with E-state index in [2.05, 4.69) is 5.32 Å². The van der Waals surface area contributed by atoms with Crippen LogP contribution in [0.2, 0.25) is 0 Å². The first-order chi connectivity index (χ1) is 10.5. The van der Waals surface area contributed by atoms with Crippen LogP contribution in [0, 0.1) is 0 Å². The van der Waals surface area contributed by atoms with Crippen LogP contribution in [0.3, 0.4) is 0 Å². The molecule has 1 amide bonds. The largest absolute Gasteiger partial charge is 0.508 e. The highest BCUT2D eigenvalue weighted by Crippen LogP contribution is 2.18. The van der Waals surface area contributed by atoms with Crippen LogP contribution in [0.15, 0.2) is 35.7 Å². The SMILES string of the molecule is CC(Cc1ccccc1O)NC(=O)Cc1cc(C(=O)O)cs1. The zero-order valence-corrected chi connectivity index (χ0v) is 12.9. The van der Waals surface area contributed by atoms with E-state index in [4.69, 9.17) is 5.11 Å². The molecule has 2 rings (SSSR count). The molecule has 2 aromatic rings. The average Bonchev–Trinajstić information content (AvgIpc) is 2.89. The highest BCUT2D eigenvalue weighted by molar-refractivity contribution is 7.10. The molecule has 1 heterocycles. The molecule has 0 fully saturated rings. The Kier molecular flexibility index (Phi) is 5.16. The smallest absolute Gasteiger partial charge is 0.336 e. The lowest BCUT2D eigenvalue weighted by Crippen LogP contribution is -2.35. The van der Waals surface area contributed by atoms with Gasteiger partial charge in [-0.2, -0.15) is 0 Å². The van der Waals surface area contributed by atoms with Gasteiger partial charge in [0.15, 0.2) is 0 Å². The zero-order valence-electron chi connectivity index (χ0n) is 12.1. The molecule has 0 aliphatic carbocycles. The number of aromatic carboxylic acids is 1. The van der Waals surface area contributed by atoms with Crippen LogP contribution in [-0.2, 0) is 17.6 Å². The number of phenols is 1. The van der Waals surface area contributed by atoms with Gasteiger partial charge in [0, 0.05) is 16.3 Å². The van der Waals surface area contributed by atoms with Gasteiger partial charge in [0.1, 0.15) is 5.75 Å². The van der Waals surface area contributed by atoms with Crippen molar-refractivity contribution in [3.8, 4) is 5.75 Å². The van der Waals surface area contributed by atoms with Crippen LogP contribution >= 0.6 is 11.3 Å². The number of carboxylic acids is 1. The van der Waals surface area contributed by atoms with Gasteiger partial charge in [-0.3, -0.25) is 4.79 Å². The van der Waals surface area contributed by atoms with Crippen LogP contribution in [0.25, 0.3) is 0 Å². The fraction of sp³-hybridized carbons (Fsp3) is 0.250. The first kappa shape index (κ1) is 16.0. The molecule has 116 valence electrons. The maximum absolute atomic E-state index is 12.0. The van der Waals surface area contributed by atoms with Gasteiger partial charge in [-0.25, -0.2) is 4.79 Å². The van der Waals surface area contributed by atoms with E-state index in [9.17, 15) is 14.7 Å². The standard InChI is InChI=1S/C16H17NO4S/c1-10(6-11-4-2-3-5-14(11)18)17-15(19)8-13-7-12(9-22-13)16(20)21/h2-5,7,9-10,18H,6,8H2,1H3,(H,17,19)(H,20,21). The van der Waals surface area contributed by atoms with Crippen LogP contribution in [-0.4, -0.2) is 28.1 Å². The Balaban J connectivity index is 1.88. The Morgan fingerprint density at radius 2 is 2.05 bits per heavy atom. The van der Waals surface area contributed by atoms with Gasteiger partial charge in [-0.1, -0.05) is 18.2 Å². The number of carbonyl (C=O) groups is 2. The first-order valence-corrected chi connectivity index (χ1v) is 7.70. The van der Waals surface area contributed by atoms with E-state index in [-0.39, 0.29) is 29.7 Å². The second kappa shape index (κ2) is 7.09. The zero-order chi connectivity index (χ0) is 16.1. The first-order valence-electron chi connectivity index (χ1n) is 6.82. The number of aromatic hydroxyl groups is 1. The highest BCUT2D eigenvalue weighted by Gasteiger charge is 2.13. The van der Waals surface area contributed by atoms with Gasteiger partial charge in [0.2, 0.25) is 5.91 Å². The van der Waals surface area contributed by atoms with E-state index in [1.807, 2.05) is 19.1 Å². The Labute approximate surface area is 132 Å². The summed E-state index contributed by atoms with van der Waals surface area (Å²) < 4.78 is 0. The highest BCUT2D eigenvalue weighted by atomic mass is 32.1. The summed E-state index contributed by atoms with van der Waals surface area (Å²) in [4.78, 5) is 23.5. The fourth-order valence-electron chi connectivity index (χ4n) is 2.13. The number of thiophene rings is 1. The van der Waals surface area contributed by atoms with Crippen LogP contribution in [0.5, 0.6) is 5.75 Å². The van der Waals surface area contributed by atoms with Crippen molar-refractivity contribution in [1.29, 1.82) is 0 Å². The molecule has 22 heavy (non-hydrogen) atoms. The number of carboxylic acid groups (broad SMARTS) is 1. The maximum atomic E-state index is 12.0. The van der Waals surface area contributed by atoms with Gasteiger partial charge >= 0.3 is 5.97 Å². The van der Waals surface area contributed by atoms with Gasteiger partial charge in [0.25, 0.3) is 0 Å². The maximum Gasteiger partial charge on any atom is 0.336 e. The predicted molar refractivity (Wildman–Crippen MR) is 84.4 cm³/mol. The monoisotopic (exact) mass is 319 g/mol. The van der Waals surface area contributed by atoms with E-state index in [0.717, 1.165) is 5.56 Å². The van der Waals surface area contributed by atoms with Crippen molar-refractivity contribution in [2.75, 3.05) is 0 Å². The molecule has 6 heteroatoms. The van der Waals surface area contributed by atoms with E-state index < -0.39 is 5.97 Å². The summed E-state index contributed by atoms with van der Waals surface area (Å²) in [6.07, 6.45) is 0.687. The predicted octanol–water partition coefficient (Wildman–Crippen LogP) is 2.44. The molecule has 0 aliphatic rings. The number of phenolic OH excluding ortho intramolecular Hbond substituents is 1. The molecule has 0 bridgehead atoms. The number of carbonyl (C=O) groups excluding carboxylic acids is 1. The Morgan fingerprint density at radius 1 is 1.32 bits per heavy atom. The number of hydrogen-bond donors (Lipinski definition) is 3. The van der Waals surface area contributed by atoms with Gasteiger partial charge in [-0.05, 0) is 31.0 Å². The number of hydrogen-bond acceptors (Lipinski definition) is 4. The molecule has 1 atom stereocenters. The van der Waals surface area contributed by atoms with Crippen molar-refractivity contribution >= 4 is 23.2 Å². The van der Waals surface area contributed by atoms with Gasteiger partial charge in [0.05, 0.1) is 12.0 Å². The van der Waals surface area contributed by atoms with E-state index >= 15 is 0 Å². The Bertz CT molecular complexity index is 680. The van der Waals surface area contributed by atoms with E-state index in [0.29, 0.717) is 11.3 Å². The summed E-state index contributed by atoms with van der Waals surface area (Å²) in [6.45, 7) is 1.86. The second-order valence-corrected chi connectivity index (χ2v) is 6.08. The van der Waals surface area contributed by atoms with Crippen molar-refractivity contribution < 1.29 is 19.8 Å². The minimum Gasteiger partial charge on any atom is -0.508 e. The number of amides is 1. The Morgan fingerprint density at radius 3 is 2.68 bits per heavy atom. The lowest BCUT2D eigenvalue weighted by atomic mass is 10.1. The molecule has 5 nitrogen and oxygen atoms in total. The summed E-state index contributed by atoms with van der Waals surface area (Å²) in [5.41, 5.74) is 0.981. The van der Waals surface area contributed by atoms with Crippen LogP contribution in [0.1, 0.15) is 27.7 Å². The molecule has 1 aromatic carbocycles. The average molecular weight is 319 g/mol. The van der Waals surface area contributed by atoms with E-state index in [1.54, 1.807) is 12.1 Å². The summed E-state index contributed by atoms with van der Waals surface area (Å²) in [5, 5.41) is 22.9. The lowest BCUT2D eigenvalue weighted by Gasteiger charge is -2.14. The molecular weight excluding hydrogens is 302 g/mol. The number of rotatable bonds is 6. The molecule has 0 radical (unpaired) electrons. The van der Waals surface area contributed by atoms with Gasteiger partial charge in [-0.15, -0.1) is 11.3 Å². The van der Waals surface area contributed by atoms with Crippen molar-refractivity contribution in [1.82, 2.24) is 5.32 Å². The second-order valence-electron chi connectivity index (χ2n) is 5.09. The minimum atomic E-state index is -0.990. The number of nitrogens with one attached hydrogen (secondary N) is 1.